The standard InChI is InChI=1S/C20H33N/c1-15(12-13-21)17-6-5-7-18(14-17)16-8-10-19(11-9-16)20(2,3)4/h5-7,14-16,19H,8-13,21H2,1-4H3. The number of benzene rings is 1. The highest BCUT2D eigenvalue weighted by Gasteiger charge is 2.30. The number of nitrogens with two attached hydrogens (primary N) is 1. The van der Waals surface area contributed by atoms with Crippen LogP contribution in [0.25, 0.3) is 0 Å². The molecule has 118 valence electrons. The van der Waals surface area contributed by atoms with Crippen LogP contribution in [0.2, 0.25) is 0 Å². The molecule has 1 atom stereocenters. The quantitative estimate of drug-likeness (QED) is 0.782. The van der Waals surface area contributed by atoms with E-state index in [2.05, 4.69) is 52.0 Å². The van der Waals surface area contributed by atoms with Crippen molar-refractivity contribution in [2.75, 3.05) is 6.54 Å². The van der Waals surface area contributed by atoms with Gasteiger partial charge in [-0.15, -0.1) is 0 Å². The van der Waals surface area contributed by atoms with Crippen molar-refractivity contribution in [2.24, 2.45) is 17.1 Å². The maximum Gasteiger partial charge on any atom is -0.00715 e. The van der Waals surface area contributed by atoms with Crippen LogP contribution >= 0.6 is 0 Å². The first-order chi connectivity index (χ1) is 9.91. The van der Waals surface area contributed by atoms with Crippen molar-refractivity contribution in [3.05, 3.63) is 35.4 Å². The second kappa shape index (κ2) is 6.96. The average Bonchev–Trinajstić information content (AvgIpc) is 2.47. The molecular weight excluding hydrogens is 254 g/mol. The lowest BCUT2D eigenvalue weighted by molar-refractivity contribution is 0.169. The summed E-state index contributed by atoms with van der Waals surface area (Å²) in [6.45, 7) is 10.3. The van der Waals surface area contributed by atoms with E-state index in [1.165, 1.54) is 31.2 Å². The molecule has 1 heteroatoms. The molecule has 1 aromatic carbocycles. The summed E-state index contributed by atoms with van der Waals surface area (Å²) < 4.78 is 0. The number of rotatable bonds is 4. The monoisotopic (exact) mass is 287 g/mol. The lowest BCUT2D eigenvalue weighted by Gasteiger charge is -2.37. The van der Waals surface area contributed by atoms with Crippen LogP contribution in [0, 0.1) is 11.3 Å². The SMILES string of the molecule is CC(CCN)c1cccc(C2CCC(C(C)(C)C)CC2)c1. The highest BCUT2D eigenvalue weighted by atomic mass is 14.5. The molecule has 1 aliphatic carbocycles. The van der Waals surface area contributed by atoms with Gasteiger partial charge in [0.25, 0.3) is 0 Å². The Labute approximate surface area is 131 Å². The van der Waals surface area contributed by atoms with E-state index in [0.717, 1.165) is 24.8 Å². The Morgan fingerprint density at radius 2 is 1.81 bits per heavy atom. The van der Waals surface area contributed by atoms with E-state index in [0.29, 0.717) is 11.3 Å². The molecule has 1 nitrogen and oxygen atoms in total. The summed E-state index contributed by atoms with van der Waals surface area (Å²) in [6.07, 6.45) is 6.57. The Hall–Kier alpha value is -0.820. The van der Waals surface area contributed by atoms with Gasteiger partial charge in [0.15, 0.2) is 0 Å². The Morgan fingerprint density at radius 1 is 1.14 bits per heavy atom. The van der Waals surface area contributed by atoms with E-state index in [4.69, 9.17) is 5.73 Å². The third-order valence-corrected chi connectivity index (χ3v) is 5.50. The van der Waals surface area contributed by atoms with Gasteiger partial charge >= 0.3 is 0 Å². The van der Waals surface area contributed by atoms with Gasteiger partial charge in [-0.25, -0.2) is 0 Å². The van der Waals surface area contributed by atoms with Crippen LogP contribution in [0.5, 0.6) is 0 Å². The lowest BCUT2D eigenvalue weighted by atomic mass is 9.68. The zero-order chi connectivity index (χ0) is 15.5. The molecule has 1 aliphatic rings. The van der Waals surface area contributed by atoms with E-state index < -0.39 is 0 Å². The molecule has 0 aromatic heterocycles. The van der Waals surface area contributed by atoms with Crippen LogP contribution in [0.4, 0.5) is 0 Å². The van der Waals surface area contributed by atoms with Gasteiger partial charge in [0.2, 0.25) is 0 Å². The van der Waals surface area contributed by atoms with E-state index >= 15 is 0 Å². The highest BCUT2D eigenvalue weighted by Crippen LogP contribution is 2.43. The molecular formula is C20H33N. The Bertz CT molecular complexity index is 435. The van der Waals surface area contributed by atoms with Gasteiger partial charge < -0.3 is 5.73 Å². The summed E-state index contributed by atoms with van der Waals surface area (Å²) in [7, 11) is 0. The fourth-order valence-corrected chi connectivity index (χ4v) is 3.83. The predicted molar refractivity (Wildman–Crippen MR) is 92.7 cm³/mol. The van der Waals surface area contributed by atoms with E-state index in [9.17, 15) is 0 Å². The van der Waals surface area contributed by atoms with Crippen molar-refractivity contribution in [1.82, 2.24) is 0 Å². The predicted octanol–water partition coefficient (Wildman–Crippen LogP) is 5.46. The lowest BCUT2D eigenvalue weighted by Crippen LogP contribution is -2.25. The van der Waals surface area contributed by atoms with Gasteiger partial charge in [-0.3, -0.25) is 0 Å². The summed E-state index contributed by atoms with van der Waals surface area (Å²) in [5, 5.41) is 0. The Morgan fingerprint density at radius 3 is 2.38 bits per heavy atom. The molecule has 21 heavy (non-hydrogen) atoms. The maximum absolute atomic E-state index is 5.70. The molecule has 0 radical (unpaired) electrons. The van der Waals surface area contributed by atoms with Gasteiger partial charge in [-0.2, -0.15) is 0 Å². The third-order valence-electron chi connectivity index (χ3n) is 5.50. The van der Waals surface area contributed by atoms with Crippen molar-refractivity contribution < 1.29 is 0 Å². The van der Waals surface area contributed by atoms with Crippen LogP contribution in [-0.2, 0) is 0 Å². The van der Waals surface area contributed by atoms with Crippen molar-refractivity contribution in [2.45, 2.75) is 71.6 Å². The molecule has 0 saturated heterocycles. The molecule has 1 fully saturated rings. The molecule has 1 aromatic rings. The molecule has 0 spiro atoms. The maximum atomic E-state index is 5.70. The zero-order valence-corrected chi connectivity index (χ0v) is 14.4. The topological polar surface area (TPSA) is 26.0 Å². The largest absolute Gasteiger partial charge is 0.330 e. The first-order valence-electron chi connectivity index (χ1n) is 8.71. The fourth-order valence-electron chi connectivity index (χ4n) is 3.83. The van der Waals surface area contributed by atoms with Gasteiger partial charge in [0, 0.05) is 0 Å². The highest BCUT2D eigenvalue weighted by molar-refractivity contribution is 5.29. The third kappa shape index (κ3) is 4.32. The van der Waals surface area contributed by atoms with Crippen molar-refractivity contribution in [3.63, 3.8) is 0 Å². The van der Waals surface area contributed by atoms with Crippen molar-refractivity contribution in [3.8, 4) is 0 Å². The van der Waals surface area contributed by atoms with Gasteiger partial charge in [-0.05, 0) is 72.9 Å². The van der Waals surface area contributed by atoms with E-state index in [1.807, 2.05) is 0 Å². The molecule has 0 bridgehead atoms. The second-order valence-corrected chi connectivity index (χ2v) is 8.06. The zero-order valence-electron chi connectivity index (χ0n) is 14.4. The Kier molecular flexibility index (Phi) is 5.48. The van der Waals surface area contributed by atoms with Crippen LogP contribution in [0.15, 0.2) is 24.3 Å². The minimum Gasteiger partial charge on any atom is -0.330 e. The average molecular weight is 287 g/mol. The van der Waals surface area contributed by atoms with Crippen LogP contribution < -0.4 is 5.73 Å². The number of hydrogen-bond acceptors (Lipinski definition) is 1. The molecule has 1 unspecified atom stereocenters. The van der Waals surface area contributed by atoms with Crippen LogP contribution in [0.3, 0.4) is 0 Å². The Balaban J connectivity index is 2.02. The fraction of sp³-hybridized carbons (Fsp3) is 0.700. The van der Waals surface area contributed by atoms with Gasteiger partial charge in [0.1, 0.15) is 0 Å². The first kappa shape index (κ1) is 16.5. The van der Waals surface area contributed by atoms with Crippen molar-refractivity contribution in [1.29, 1.82) is 0 Å². The van der Waals surface area contributed by atoms with Crippen LogP contribution in [0.1, 0.15) is 82.8 Å². The van der Waals surface area contributed by atoms with Crippen LogP contribution in [-0.4, -0.2) is 6.54 Å². The van der Waals surface area contributed by atoms with Gasteiger partial charge in [-0.1, -0.05) is 52.0 Å². The molecule has 0 amide bonds. The normalized spacial score (nSPS) is 24.8. The smallest absolute Gasteiger partial charge is 0.00715 e. The first-order valence-corrected chi connectivity index (χ1v) is 8.71. The summed E-state index contributed by atoms with van der Waals surface area (Å²) in [4.78, 5) is 0. The molecule has 2 N–H and O–H groups in total. The van der Waals surface area contributed by atoms with Gasteiger partial charge in [0.05, 0.1) is 0 Å². The minimum atomic E-state index is 0.475. The summed E-state index contributed by atoms with van der Waals surface area (Å²) in [5.41, 5.74) is 9.21. The second-order valence-electron chi connectivity index (χ2n) is 8.06. The number of hydrogen-bond donors (Lipinski definition) is 1. The van der Waals surface area contributed by atoms with E-state index in [-0.39, 0.29) is 0 Å². The molecule has 0 aliphatic heterocycles. The summed E-state index contributed by atoms with van der Waals surface area (Å²) in [5.74, 6) is 2.25. The van der Waals surface area contributed by atoms with Crippen molar-refractivity contribution >= 4 is 0 Å². The molecule has 2 rings (SSSR count). The molecule has 0 heterocycles. The molecule has 1 saturated carbocycles. The minimum absolute atomic E-state index is 0.475. The summed E-state index contributed by atoms with van der Waals surface area (Å²) in [6, 6.07) is 9.29. The van der Waals surface area contributed by atoms with E-state index in [1.54, 1.807) is 5.56 Å². The summed E-state index contributed by atoms with van der Waals surface area (Å²) >= 11 is 0.